The standard InChI is InChI=1S/C12H16FNO/c1-9-8-14-6-5-12(9,15)10-3-2-4-11(13)7-10/h2-4,7,9,14-15H,5-6,8H2,1H3/t9-,12+/m0/s1. The van der Waals surface area contributed by atoms with Crippen molar-refractivity contribution in [2.45, 2.75) is 18.9 Å². The average molecular weight is 209 g/mol. The molecule has 0 amide bonds. The fraction of sp³-hybridized carbons (Fsp3) is 0.500. The minimum Gasteiger partial charge on any atom is -0.385 e. The highest BCUT2D eigenvalue weighted by Crippen LogP contribution is 2.34. The Balaban J connectivity index is 2.34. The summed E-state index contributed by atoms with van der Waals surface area (Å²) >= 11 is 0. The molecule has 0 saturated carbocycles. The van der Waals surface area contributed by atoms with Crippen LogP contribution in [0.15, 0.2) is 24.3 Å². The summed E-state index contributed by atoms with van der Waals surface area (Å²) in [6.07, 6.45) is 0.637. The molecule has 82 valence electrons. The van der Waals surface area contributed by atoms with Crippen LogP contribution >= 0.6 is 0 Å². The summed E-state index contributed by atoms with van der Waals surface area (Å²) in [4.78, 5) is 0. The van der Waals surface area contributed by atoms with E-state index in [0.717, 1.165) is 13.1 Å². The Hall–Kier alpha value is -0.930. The van der Waals surface area contributed by atoms with Crippen molar-refractivity contribution in [3.8, 4) is 0 Å². The SMILES string of the molecule is C[C@H]1CNCC[C@]1(O)c1cccc(F)c1. The van der Waals surface area contributed by atoms with Crippen LogP contribution in [0.4, 0.5) is 4.39 Å². The highest BCUT2D eigenvalue weighted by atomic mass is 19.1. The molecule has 1 aromatic rings. The molecule has 1 fully saturated rings. The van der Waals surface area contributed by atoms with Crippen LogP contribution in [0.1, 0.15) is 18.9 Å². The number of nitrogens with one attached hydrogen (secondary N) is 1. The van der Waals surface area contributed by atoms with Crippen molar-refractivity contribution in [1.82, 2.24) is 5.32 Å². The van der Waals surface area contributed by atoms with E-state index in [1.165, 1.54) is 12.1 Å². The van der Waals surface area contributed by atoms with Gasteiger partial charge in [0, 0.05) is 12.5 Å². The van der Waals surface area contributed by atoms with E-state index in [4.69, 9.17) is 0 Å². The highest BCUT2D eigenvalue weighted by Gasteiger charge is 2.37. The van der Waals surface area contributed by atoms with Gasteiger partial charge in [0.15, 0.2) is 0 Å². The van der Waals surface area contributed by atoms with Crippen molar-refractivity contribution in [3.05, 3.63) is 35.6 Å². The minimum absolute atomic E-state index is 0.105. The van der Waals surface area contributed by atoms with Crippen molar-refractivity contribution < 1.29 is 9.50 Å². The maximum Gasteiger partial charge on any atom is 0.123 e. The second-order valence-corrected chi connectivity index (χ2v) is 4.29. The Morgan fingerprint density at radius 1 is 1.53 bits per heavy atom. The number of hydrogen-bond donors (Lipinski definition) is 2. The highest BCUT2D eigenvalue weighted by molar-refractivity contribution is 5.24. The van der Waals surface area contributed by atoms with E-state index in [0.29, 0.717) is 12.0 Å². The minimum atomic E-state index is -0.882. The second kappa shape index (κ2) is 3.91. The van der Waals surface area contributed by atoms with Gasteiger partial charge in [-0.3, -0.25) is 0 Å². The zero-order valence-electron chi connectivity index (χ0n) is 8.83. The van der Waals surface area contributed by atoms with E-state index in [1.54, 1.807) is 12.1 Å². The number of halogens is 1. The number of rotatable bonds is 1. The van der Waals surface area contributed by atoms with Gasteiger partial charge >= 0.3 is 0 Å². The molecular weight excluding hydrogens is 193 g/mol. The molecule has 2 nitrogen and oxygen atoms in total. The summed E-state index contributed by atoms with van der Waals surface area (Å²) in [6, 6.07) is 6.28. The fourth-order valence-corrected chi connectivity index (χ4v) is 2.20. The Bertz CT molecular complexity index is 355. The number of hydrogen-bond acceptors (Lipinski definition) is 2. The van der Waals surface area contributed by atoms with Crippen LogP contribution < -0.4 is 5.32 Å². The molecule has 0 bridgehead atoms. The van der Waals surface area contributed by atoms with Crippen LogP contribution in [0.25, 0.3) is 0 Å². The summed E-state index contributed by atoms with van der Waals surface area (Å²) in [5.41, 5.74) is -0.190. The van der Waals surface area contributed by atoms with E-state index >= 15 is 0 Å². The first-order valence-electron chi connectivity index (χ1n) is 5.32. The first-order valence-corrected chi connectivity index (χ1v) is 5.32. The monoisotopic (exact) mass is 209 g/mol. The molecule has 0 aromatic heterocycles. The Morgan fingerprint density at radius 2 is 2.33 bits per heavy atom. The summed E-state index contributed by atoms with van der Waals surface area (Å²) in [7, 11) is 0. The van der Waals surface area contributed by atoms with Crippen LogP contribution in [0.5, 0.6) is 0 Å². The fourth-order valence-electron chi connectivity index (χ4n) is 2.20. The lowest BCUT2D eigenvalue weighted by Gasteiger charge is -2.39. The molecule has 2 N–H and O–H groups in total. The van der Waals surface area contributed by atoms with Gasteiger partial charge in [-0.05, 0) is 30.7 Å². The normalized spacial score (nSPS) is 31.5. The summed E-state index contributed by atoms with van der Waals surface area (Å²) < 4.78 is 13.1. The number of benzene rings is 1. The molecule has 0 unspecified atom stereocenters. The average Bonchev–Trinajstić information content (AvgIpc) is 2.23. The van der Waals surface area contributed by atoms with Crippen LogP contribution in [-0.4, -0.2) is 18.2 Å². The molecule has 1 aromatic carbocycles. The molecule has 1 heterocycles. The quantitative estimate of drug-likeness (QED) is 0.737. The van der Waals surface area contributed by atoms with E-state index < -0.39 is 5.60 Å². The van der Waals surface area contributed by atoms with Crippen molar-refractivity contribution >= 4 is 0 Å². The van der Waals surface area contributed by atoms with Crippen molar-refractivity contribution in [3.63, 3.8) is 0 Å². The molecule has 15 heavy (non-hydrogen) atoms. The van der Waals surface area contributed by atoms with E-state index in [9.17, 15) is 9.50 Å². The zero-order chi connectivity index (χ0) is 10.9. The Labute approximate surface area is 89.1 Å². The lowest BCUT2D eigenvalue weighted by Crippen LogP contribution is -2.46. The Kier molecular flexibility index (Phi) is 2.76. The predicted molar refractivity (Wildman–Crippen MR) is 56.9 cm³/mol. The second-order valence-electron chi connectivity index (χ2n) is 4.29. The van der Waals surface area contributed by atoms with Crippen LogP contribution in [-0.2, 0) is 5.60 Å². The third-order valence-corrected chi connectivity index (χ3v) is 3.27. The van der Waals surface area contributed by atoms with Gasteiger partial charge in [0.05, 0.1) is 5.60 Å². The molecule has 0 spiro atoms. The molecule has 1 saturated heterocycles. The molecular formula is C12H16FNO. The van der Waals surface area contributed by atoms with Gasteiger partial charge in [0.2, 0.25) is 0 Å². The molecule has 2 rings (SSSR count). The van der Waals surface area contributed by atoms with Crippen LogP contribution in [0, 0.1) is 11.7 Å². The lowest BCUT2D eigenvalue weighted by atomic mass is 9.77. The van der Waals surface area contributed by atoms with Crippen LogP contribution in [0.3, 0.4) is 0 Å². The van der Waals surface area contributed by atoms with Gasteiger partial charge in [-0.1, -0.05) is 19.1 Å². The third-order valence-electron chi connectivity index (χ3n) is 3.27. The zero-order valence-corrected chi connectivity index (χ0v) is 8.83. The van der Waals surface area contributed by atoms with Crippen molar-refractivity contribution in [1.29, 1.82) is 0 Å². The third kappa shape index (κ3) is 1.90. The maximum atomic E-state index is 13.1. The predicted octanol–water partition coefficient (Wildman–Crippen LogP) is 1.64. The maximum absolute atomic E-state index is 13.1. The van der Waals surface area contributed by atoms with Gasteiger partial charge in [-0.25, -0.2) is 4.39 Å². The van der Waals surface area contributed by atoms with E-state index in [-0.39, 0.29) is 11.7 Å². The van der Waals surface area contributed by atoms with Gasteiger partial charge in [0.1, 0.15) is 5.82 Å². The first-order chi connectivity index (χ1) is 7.13. The summed E-state index contributed by atoms with van der Waals surface area (Å²) in [5.74, 6) is -0.181. The molecule has 0 aliphatic carbocycles. The van der Waals surface area contributed by atoms with Gasteiger partial charge in [-0.15, -0.1) is 0 Å². The topological polar surface area (TPSA) is 32.3 Å². The number of piperidine rings is 1. The summed E-state index contributed by atoms with van der Waals surface area (Å²) in [6.45, 7) is 3.53. The van der Waals surface area contributed by atoms with Crippen molar-refractivity contribution in [2.75, 3.05) is 13.1 Å². The molecule has 1 aliphatic rings. The van der Waals surface area contributed by atoms with E-state index in [2.05, 4.69) is 5.32 Å². The lowest BCUT2D eigenvalue weighted by molar-refractivity contribution is -0.0394. The molecule has 2 atom stereocenters. The largest absolute Gasteiger partial charge is 0.385 e. The Morgan fingerprint density at radius 3 is 3.00 bits per heavy atom. The van der Waals surface area contributed by atoms with Gasteiger partial charge < -0.3 is 10.4 Å². The van der Waals surface area contributed by atoms with E-state index in [1.807, 2.05) is 6.92 Å². The smallest absolute Gasteiger partial charge is 0.123 e. The van der Waals surface area contributed by atoms with Crippen LogP contribution in [0.2, 0.25) is 0 Å². The number of aliphatic hydroxyl groups is 1. The summed E-state index contributed by atoms with van der Waals surface area (Å²) in [5, 5.41) is 13.7. The first kappa shape index (κ1) is 10.6. The van der Waals surface area contributed by atoms with Gasteiger partial charge in [-0.2, -0.15) is 0 Å². The molecule has 1 aliphatic heterocycles. The van der Waals surface area contributed by atoms with Crippen molar-refractivity contribution in [2.24, 2.45) is 5.92 Å². The molecule has 0 radical (unpaired) electrons. The van der Waals surface area contributed by atoms with Gasteiger partial charge in [0.25, 0.3) is 0 Å². The molecule has 3 heteroatoms.